The lowest BCUT2D eigenvalue weighted by Gasteiger charge is -2.14. The second kappa shape index (κ2) is 8.14. The molecule has 0 atom stereocenters. The Hall–Kier alpha value is -2.42. The number of fused-ring (bicyclic) bond motifs is 2. The van der Waals surface area contributed by atoms with Crippen LogP contribution in [0.1, 0.15) is 12.5 Å². The first-order chi connectivity index (χ1) is 13.6. The van der Waals surface area contributed by atoms with E-state index < -0.39 is 16.8 Å². The van der Waals surface area contributed by atoms with Crippen LogP contribution >= 0.6 is 34.8 Å². The van der Waals surface area contributed by atoms with Crippen molar-refractivity contribution in [2.75, 3.05) is 5.32 Å². The Morgan fingerprint density at radius 3 is 2.17 bits per heavy atom. The summed E-state index contributed by atoms with van der Waals surface area (Å²) in [7, 11) is 0. The summed E-state index contributed by atoms with van der Waals surface area (Å²) >= 11 is 17.4. The molecule has 5 rings (SSSR count). The van der Waals surface area contributed by atoms with Gasteiger partial charge in [-0.25, -0.2) is 4.68 Å². The fourth-order valence-corrected chi connectivity index (χ4v) is 3.26. The van der Waals surface area contributed by atoms with Crippen molar-refractivity contribution in [3.8, 4) is 17.2 Å². The number of ether oxygens (including phenoxy) is 1. The van der Waals surface area contributed by atoms with Crippen LogP contribution in [0.5, 0.6) is 11.5 Å². The summed E-state index contributed by atoms with van der Waals surface area (Å²) in [6.07, 6.45) is -3.31. The number of nitrogens with one attached hydrogen (secondary N) is 1. The summed E-state index contributed by atoms with van der Waals surface area (Å²) in [4.78, 5) is 10.9. The van der Waals surface area contributed by atoms with Gasteiger partial charge in [0.05, 0.1) is 20.6 Å². The van der Waals surface area contributed by atoms with Crippen LogP contribution in [0.2, 0.25) is 15.1 Å². The van der Waals surface area contributed by atoms with Crippen LogP contribution in [-0.2, 0) is 11.0 Å². The Morgan fingerprint density at radius 2 is 1.72 bits per heavy atom. The molecule has 0 saturated carbocycles. The molecule has 1 N–H and O–H groups in total. The van der Waals surface area contributed by atoms with Crippen molar-refractivity contribution in [3.05, 3.63) is 63.2 Å². The molecule has 29 heavy (non-hydrogen) atoms. The van der Waals surface area contributed by atoms with Crippen LogP contribution in [-0.4, -0.2) is 15.7 Å². The second-order valence-electron chi connectivity index (χ2n) is 5.78. The topological polar surface area (TPSA) is 56.2 Å². The fraction of sp³-hybridized carbons (Fsp3) is 0.111. The highest BCUT2D eigenvalue weighted by Gasteiger charge is 2.36. The lowest BCUT2D eigenvalue weighted by Crippen LogP contribution is -2.09. The zero-order valence-electron chi connectivity index (χ0n) is 14.5. The van der Waals surface area contributed by atoms with Crippen molar-refractivity contribution in [3.63, 3.8) is 0 Å². The van der Waals surface area contributed by atoms with Crippen LogP contribution in [0, 0.1) is 0 Å². The molecule has 3 aromatic rings. The molecular formula is C18H11Cl3F3N3O2. The molecule has 0 unspecified atom stereocenters. The lowest BCUT2D eigenvalue weighted by atomic mass is 10.2. The molecule has 1 aromatic heterocycles. The van der Waals surface area contributed by atoms with Gasteiger partial charge in [-0.2, -0.15) is 13.2 Å². The van der Waals surface area contributed by atoms with E-state index in [0.717, 1.165) is 16.2 Å². The number of benzene rings is 2. The number of alkyl halides is 3. The molecule has 0 aliphatic carbocycles. The van der Waals surface area contributed by atoms with Gasteiger partial charge in [-0.3, -0.25) is 4.79 Å². The van der Waals surface area contributed by atoms with E-state index in [1.54, 1.807) is 0 Å². The molecule has 5 nitrogen and oxygen atoms in total. The summed E-state index contributed by atoms with van der Waals surface area (Å²) in [6.45, 7) is 1.29. The van der Waals surface area contributed by atoms with Gasteiger partial charge in [0, 0.05) is 25.3 Å². The van der Waals surface area contributed by atoms with E-state index in [1.807, 2.05) is 24.3 Å². The Morgan fingerprint density at radius 1 is 1.10 bits per heavy atom. The third-order valence-corrected chi connectivity index (χ3v) is 4.75. The van der Waals surface area contributed by atoms with Gasteiger partial charge >= 0.3 is 6.18 Å². The van der Waals surface area contributed by atoms with Gasteiger partial charge in [-0.15, -0.1) is 5.10 Å². The van der Waals surface area contributed by atoms with Gasteiger partial charge in [0.25, 0.3) is 0 Å². The maximum absolute atomic E-state index is 12.8. The largest absolute Gasteiger partial charge is 0.457 e. The average molecular weight is 465 g/mol. The first-order valence-electron chi connectivity index (χ1n) is 7.92. The predicted molar refractivity (Wildman–Crippen MR) is 104 cm³/mol. The van der Waals surface area contributed by atoms with E-state index in [4.69, 9.17) is 39.5 Å². The quantitative estimate of drug-likeness (QED) is 0.340. The van der Waals surface area contributed by atoms with Crippen molar-refractivity contribution in [1.29, 1.82) is 0 Å². The number of halogens is 6. The average Bonchev–Trinajstić information content (AvgIpc) is 3.05. The standard InChI is InChI=1S/C12H7Cl3F3N3O.C6H4O/c1-5(22)19-8-2-3-21(20-8)11-7(13)4-6(12(16,17)18)9(14)10(11)15;1-2-5-4-6(3-1)7-5/h2-4H,1H3,(H,19,20,22);1-4H. The Balaban J connectivity index is 0.000000283. The number of nitrogens with zero attached hydrogens (tertiary/aromatic N) is 2. The van der Waals surface area contributed by atoms with E-state index in [2.05, 4.69) is 10.4 Å². The first kappa shape index (κ1) is 21.3. The number of rotatable bonds is 2. The van der Waals surface area contributed by atoms with Crippen molar-refractivity contribution in [1.82, 2.24) is 9.78 Å². The van der Waals surface area contributed by atoms with Gasteiger partial charge in [0.15, 0.2) is 5.82 Å². The van der Waals surface area contributed by atoms with Gasteiger partial charge in [-0.05, 0) is 18.2 Å². The number of aromatic nitrogens is 2. The Labute approximate surface area is 177 Å². The van der Waals surface area contributed by atoms with Crippen LogP contribution in [0.3, 0.4) is 0 Å². The minimum absolute atomic E-state index is 0.0158. The zero-order valence-corrected chi connectivity index (χ0v) is 16.8. The molecule has 2 bridgehead atoms. The number of hydrogen-bond acceptors (Lipinski definition) is 3. The van der Waals surface area contributed by atoms with Crippen LogP contribution in [0.25, 0.3) is 5.69 Å². The number of hydrogen-bond donors (Lipinski definition) is 1. The molecule has 2 aromatic carbocycles. The molecule has 0 fully saturated rings. The lowest BCUT2D eigenvalue weighted by molar-refractivity contribution is -0.137. The summed E-state index contributed by atoms with van der Waals surface area (Å²) in [5, 5.41) is 5.02. The SMILES string of the molecule is CC(=O)Nc1ccn(-c2c(Cl)cc(C(F)(F)F)c(Cl)c2Cl)n1.c1cc2cc(c1)O2. The highest BCUT2D eigenvalue weighted by atomic mass is 35.5. The van der Waals surface area contributed by atoms with Crippen molar-refractivity contribution in [2.24, 2.45) is 0 Å². The highest BCUT2D eigenvalue weighted by Crippen LogP contribution is 2.43. The van der Waals surface area contributed by atoms with Crippen molar-refractivity contribution in [2.45, 2.75) is 13.1 Å². The maximum Gasteiger partial charge on any atom is 0.417 e. The van der Waals surface area contributed by atoms with Crippen molar-refractivity contribution < 1.29 is 22.7 Å². The van der Waals surface area contributed by atoms with Gasteiger partial charge < -0.3 is 10.1 Å². The highest BCUT2D eigenvalue weighted by molar-refractivity contribution is 6.45. The van der Waals surface area contributed by atoms with Crippen LogP contribution in [0.15, 0.2) is 42.6 Å². The van der Waals surface area contributed by atoms with E-state index >= 15 is 0 Å². The first-order valence-corrected chi connectivity index (χ1v) is 9.06. The number of anilines is 1. The van der Waals surface area contributed by atoms with Gasteiger partial charge in [-0.1, -0.05) is 40.9 Å². The molecule has 2 aliphatic rings. The molecule has 3 heterocycles. The van der Waals surface area contributed by atoms with E-state index in [1.165, 1.54) is 19.2 Å². The smallest absolute Gasteiger partial charge is 0.417 e. The molecule has 1 amide bonds. The minimum Gasteiger partial charge on any atom is -0.457 e. The molecule has 2 aliphatic heterocycles. The fourth-order valence-electron chi connectivity index (χ4n) is 2.38. The number of amides is 1. The Bertz CT molecular complexity index is 1060. The third-order valence-electron chi connectivity index (χ3n) is 3.60. The number of carbonyl (C=O) groups excluding carboxylic acids is 1. The monoisotopic (exact) mass is 463 g/mol. The van der Waals surface area contributed by atoms with Gasteiger partial charge in [0.1, 0.15) is 17.2 Å². The van der Waals surface area contributed by atoms with Crippen LogP contribution in [0.4, 0.5) is 19.0 Å². The summed E-state index contributed by atoms with van der Waals surface area (Å²) in [5.74, 6) is 1.80. The number of carbonyl (C=O) groups is 1. The van der Waals surface area contributed by atoms with Crippen LogP contribution < -0.4 is 10.1 Å². The molecule has 11 heteroatoms. The predicted octanol–water partition coefficient (Wildman–Crippen LogP) is 6.60. The summed E-state index contributed by atoms with van der Waals surface area (Å²) in [5.41, 5.74) is -1.15. The minimum atomic E-state index is -4.69. The Kier molecular flexibility index (Phi) is 5.97. The van der Waals surface area contributed by atoms with Gasteiger partial charge in [0.2, 0.25) is 5.91 Å². The zero-order chi connectivity index (χ0) is 21.3. The summed E-state index contributed by atoms with van der Waals surface area (Å²) < 4.78 is 44.6. The maximum atomic E-state index is 12.8. The molecule has 0 spiro atoms. The molecule has 0 saturated heterocycles. The van der Waals surface area contributed by atoms with E-state index in [9.17, 15) is 18.0 Å². The molecule has 0 radical (unpaired) electrons. The second-order valence-corrected chi connectivity index (χ2v) is 6.95. The normalized spacial score (nSPS) is 11.7. The van der Waals surface area contributed by atoms with E-state index in [-0.39, 0.29) is 27.5 Å². The summed E-state index contributed by atoms with van der Waals surface area (Å²) in [6, 6.07) is 9.96. The van der Waals surface area contributed by atoms with Crippen molar-refractivity contribution >= 4 is 46.5 Å². The third kappa shape index (κ3) is 4.77. The molecule has 152 valence electrons. The van der Waals surface area contributed by atoms with E-state index in [0.29, 0.717) is 6.07 Å². The molecular weight excluding hydrogens is 454 g/mol.